The van der Waals surface area contributed by atoms with Gasteiger partial charge >= 0.3 is 0 Å². The van der Waals surface area contributed by atoms with E-state index in [0.717, 1.165) is 5.56 Å². The van der Waals surface area contributed by atoms with Gasteiger partial charge in [0.25, 0.3) is 0 Å². The first-order chi connectivity index (χ1) is 12.4. The standard InChI is InChI=1S/C20H17N3OS/c1-3-8-15(9-4-1)19(17-12-7-13-25-17)21-14-18-22-23-20(24-18)16-10-5-2-6-11-16/h1-13,19,21H,14H2/t19-/m1/s1. The van der Waals surface area contributed by atoms with Crippen LogP contribution in [0, 0.1) is 0 Å². The van der Waals surface area contributed by atoms with E-state index in [2.05, 4.69) is 57.3 Å². The van der Waals surface area contributed by atoms with Gasteiger partial charge in [0, 0.05) is 10.4 Å². The lowest BCUT2D eigenvalue weighted by Gasteiger charge is -2.16. The van der Waals surface area contributed by atoms with Crippen LogP contribution in [0.2, 0.25) is 0 Å². The van der Waals surface area contributed by atoms with Crippen molar-refractivity contribution < 1.29 is 4.42 Å². The zero-order valence-electron chi connectivity index (χ0n) is 13.5. The van der Waals surface area contributed by atoms with Gasteiger partial charge in [0.05, 0.1) is 12.6 Å². The monoisotopic (exact) mass is 347 g/mol. The predicted molar refractivity (Wildman–Crippen MR) is 99.2 cm³/mol. The van der Waals surface area contributed by atoms with Crippen molar-refractivity contribution in [3.8, 4) is 11.5 Å². The Kier molecular flexibility index (Phi) is 4.68. The average Bonchev–Trinajstić information content (AvgIpc) is 3.36. The summed E-state index contributed by atoms with van der Waals surface area (Å²) < 4.78 is 5.79. The van der Waals surface area contributed by atoms with Crippen LogP contribution in [0.3, 0.4) is 0 Å². The molecule has 2 aromatic heterocycles. The number of nitrogens with one attached hydrogen (secondary N) is 1. The van der Waals surface area contributed by atoms with E-state index in [1.807, 2.05) is 36.4 Å². The van der Waals surface area contributed by atoms with Crippen LogP contribution in [-0.2, 0) is 6.54 Å². The molecule has 124 valence electrons. The molecule has 5 heteroatoms. The summed E-state index contributed by atoms with van der Waals surface area (Å²) >= 11 is 1.73. The highest BCUT2D eigenvalue weighted by Gasteiger charge is 2.16. The van der Waals surface area contributed by atoms with Crippen molar-refractivity contribution in [3.05, 3.63) is 94.5 Å². The molecule has 0 radical (unpaired) electrons. The van der Waals surface area contributed by atoms with E-state index in [-0.39, 0.29) is 6.04 Å². The minimum atomic E-state index is 0.105. The van der Waals surface area contributed by atoms with Crippen LogP contribution in [0.5, 0.6) is 0 Å². The maximum absolute atomic E-state index is 5.79. The Hall–Kier alpha value is -2.76. The molecule has 0 aliphatic carbocycles. The van der Waals surface area contributed by atoms with Gasteiger partial charge in [-0.1, -0.05) is 54.6 Å². The molecule has 0 amide bonds. The molecule has 1 N–H and O–H groups in total. The van der Waals surface area contributed by atoms with E-state index in [4.69, 9.17) is 4.42 Å². The Labute approximate surface area is 150 Å². The summed E-state index contributed by atoms with van der Waals surface area (Å²) in [5.41, 5.74) is 2.15. The van der Waals surface area contributed by atoms with E-state index in [9.17, 15) is 0 Å². The molecule has 0 bridgehead atoms. The topological polar surface area (TPSA) is 51.0 Å². The minimum absolute atomic E-state index is 0.105. The average molecular weight is 347 g/mol. The van der Waals surface area contributed by atoms with Gasteiger partial charge in [0.2, 0.25) is 11.8 Å². The lowest BCUT2D eigenvalue weighted by atomic mass is 10.1. The van der Waals surface area contributed by atoms with E-state index in [1.165, 1.54) is 10.4 Å². The molecule has 0 unspecified atom stereocenters. The van der Waals surface area contributed by atoms with Crippen molar-refractivity contribution in [3.63, 3.8) is 0 Å². The van der Waals surface area contributed by atoms with Crippen molar-refractivity contribution in [1.29, 1.82) is 0 Å². The molecule has 4 nitrogen and oxygen atoms in total. The maximum Gasteiger partial charge on any atom is 0.247 e. The molecule has 25 heavy (non-hydrogen) atoms. The molecule has 0 aliphatic heterocycles. The van der Waals surface area contributed by atoms with Gasteiger partial charge in [-0.15, -0.1) is 21.5 Å². The zero-order valence-corrected chi connectivity index (χ0v) is 14.3. The van der Waals surface area contributed by atoms with Crippen LogP contribution in [0.4, 0.5) is 0 Å². The lowest BCUT2D eigenvalue weighted by molar-refractivity contribution is 0.463. The number of thiophene rings is 1. The third-order valence-corrected chi connectivity index (χ3v) is 4.84. The van der Waals surface area contributed by atoms with Crippen molar-refractivity contribution >= 4 is 11.3 Å². The number of benzene rings is 2. The largest absolute Gasteiger partial charge is 0.419 e. The second kappa shape index (κ2) is 7.42. The summed E-state index contributed by atoms with van der Waals surface area (Å²) in [5.74, 6) is 1.13. The van der Waals surface area contributed by atoms with Crippen molar-refractivity contribution in [2.45, 2.75) is 12.6 Å². The van der Waals surface area contributed by atoms with Gasteiger partial charge < -0.3 is 4.42 Å². The van der Waals surface area contributed by atoms with Crippen LogP contribution in [0.1, 0.15) is 22.4 Å². The number of hydrogen-bond acceptors (Lipinski definition) is 5. The molecule has 2 heterocycles. The summed E-state index contributed by atoms with van der Waals surface area (Å²) in [6, 6.07) is 24.5. The van der Waals surface area contributed by atoms with Crippen LogP contribution in [0.25, 0.3) is 11.5 Å². The molecule has 0 aliphatic rings. The van der Waals surface area contributed by atoms with Gasteiger partial charge in [0.1, 0.15) is 0 Å². The Morgan fingerprint density at radius 3 is 2.36 bits per heavy atom. The van der Waals surface area contributed by atoms with Gasteiger partial charge in [-0.05, 0) is 29.1 Å². The first-order valence-corrected chi connectivity index (χ1v) is 8.97. The van der Waals surface area contributed by atoms with E-state index < -0.39 is 0 Å². The van der Waals surface area contributed by atoms with E-state index >= 15 is 0 Å². The SMILES string of the molecule is c1ccc(-c2nnc(CN[C@H](c3ccccc3)c3cccs3)o2)cc1. The molecule has 0 fully saturated rings. The quantitative estimate of drug-likeness (QED) is 0.550. The number of hydrogen-bond donors (Lipinski definition) is 1. The zero-order chi connectivity index (χ0) is 16.9. The Morgan fingerprint density at radius 1 is 0.880 bits per heavy atom. The first-order valence-electron chi connectivity index (χ1n) is 8.10. The normalized spacial score (nSPS) is 12.2. The van der Waals surface area contributed by atoms with E-state index in [0.29, 0.717) is 18.3 Å². The van der Waals surface area contributed by atoms with Crippen LogP contribution < -0.4 is 5.32 Å². The maximum atomic E-state index is 5.79. The van der Waals surface area contributed by atoms with Crippen LogP contribution in [-0.4, -0.2) is 10.2 Å². The molecule has 0 saturated heterocycles. The fourth-order valence-electron chi connectivity index (χ4n) is 2.70. The van der Waals surface area contributed by atoms with Gasteiger partial charge in [-0.3, -0.25) is 5.32 Å². The van der Waals surface area contributed by atoms with Crippen molar-refractivity contribution in [2.24, 2.45) is 0 Å². The molecule has 4 rings (SSSR count). The van der Waals surface area contributed by atoms with Gasteiger partial charge in [-0.2, -0.15) is 0 Å². The lowest BCUT2D eigenvalue weighted by Crippen LogP contribution is -2.21. The predicted octanol–water partition coefficient (Wildman–Crippen LogP) is 4.68. The third kappa shape index (κ3) is 3.68. The number of nitrogens with zero attached hydrogens (tertiary/aromatic N) is 2. The highest BCUT2D eigenvalue weighted by molar-refractivity contribution is 7.10. The van der Waals surface area contributed by atoms with Gasteiger partial charge in [-0.25, -0.2) is 0 Å². The minimum Gasteiger partial charge on any atom is -0.419 e. The van der Waals surface area contributed by atoms with Crippen molar-refractivity contribution in [1.82, 2.24) is 15.5 Å². The molecular formula is C20H17N3OS. The molecular weight excluding hydrogens is 330 g/mol. The Morgan fingerprint density at radius 2 is 1.64 bits per heavy atom. The smallest absolute Gasteiger partial charge is 0.247 e. The molecule has 1 atom stereocenters. The molecule has 2 aromatic carbocycles. The summed E-state index contributed by atoms with van der Waals surface area (Å²) in [7, 11) is 0. The van der Waals surface area contributed by atoms with Crippen molar-refractivity contribution in [2.75, 3.05) is 0 Å². The Balaban J connectivity index is 1.51. The second-order valence-corrected chi connectivity index (χ2v) is 6.59. The number of rotatable bonds is 6. The first kappa shape index (κ1) is 15.7. The van der Waals surface area contributed by atoms with Crippen LogP contribution >= 0.6 is 11.3 Å². The number of aromatic nitrogens is 2. The second-order valence-electron chi connectivity index (χ2n) is 5.61. The third-order valence-electron chi connectivity index (χ3n) is 3.91. The summed E-state index contributed by atoms with van der Waals surface area (Å²) in [6.07, 6.45) is 0. The Bertz CT molecular complexity index is 905. The molecule has 4 aromatic rings. The fourth-order valence-corrected chi connectivity index (χ4v) is 3.52. The van der Waals surface area contributed by atoms with Crippen LogP contribution in [0.15, 0.2) is 82.6 Å². The summed E-state index contributed by atoms with van der Waals surface area (Å²) in [5, 5.41) is 13.9. The van der Waals surface area contributed by atoms with Gasteiger partial charge in [0.15, 0.2) is 0 Å². The summed E-state index contributed by atoms with van der Waals surface area (Å²) in [4.78, 5) is 1.26. The highest BCUT2D eigenvalue weighted by Crippen LogP contribution is 2.26. The molecule has 0 saturated carbocycles. The molecule has 0 spiro atoms. The fraction of sp³-hybridized carbons (Fsp3) is 0.100. The highest BCUT2D eigenvalue weighted by atomic mass is 32.1. The summed E-state index contributed by atoms with van der Waals surface area (Å²) in [6.45, 7) is 0.511. The van der Waals surface area contributed by atoms with E-state index in [1.54, 1.807) is 11.3 Å².